The Bertz CT molecular complexity index is 736. The summed E-state index contributed by atoms with van der Waals surface area (Å²) in [6, 6.07) is 12.0. The summed E-state index contributed by atoms with van der Waals surface area (Å²) in [5.74, 6) is 0.515. The van der Waals surface area contributed by atoms with E-state index >= 15 is 0 Å². The van der Waals surface area contributed by atoms with E-state index in [9.17, 15) is 0 Å². The Morgan fingerprint density at radius 3 is 2.80 bits per heavy atom. The molecule has 100 valence electrons. The number of benzene rings is 1. The van der Waals surface area contributed by atoms with Crippen LogP contribution in [0.3, 0.4) is 0 Å². The van der Waals surface area contributed by atoms with E-state index in [0.717, 1.165) is 22.3 Å². The van der Waals surface area contributed by atoms with Gasteiger partial charge < -0.3 is 10.3 Å². The van der Waals surface area contributed by atoms with Crippen molar-refractivity contribution in [3.05, 3.63) is 65.2 Å². The van der Waals surface area contributed by atoms with E-state index in [1.54, 1.807) is 12.5 Å². The number of aromatic nitrogens is 3. The Morgan fingerprint density at radius 1 is 1.15 bits per heavy atom. The van der Waals surface area contributed by atoms with Gasteiger partial charge in [-0.05, 0) is 23.8 Å². The number of nitrogens with zero attached hydrogens (tertiary/aromatic N) is 3. The molecule has 0 amide bonds. The van der Waals surface area contributed by atoms with Gasteiger partial charge in [0.25, 0.3) is 0 Å². The highest BCUT2D eigenvalue weighted by Crippen LogP contribution is 2.25. The van der Waals surface area contributed by atoms with Crippen LogP contribution in [0, 0.1) is 0 Å². The molecule has 0 saturated carbocycles. The minimum Gasteiger partial charge on any atom is -0.383 e. The zero-order valence-corrected chi connectivity index (χ0v) is 12.3. The van der Waals surface area contributed by atoms with E-state index in [0.29, 0.717) is 5.82 Å². The molecule has 3 aromatic rings. The SMILES string of the molecule is Nc1ncccc1-c1cncn1Cc1ccccc1Br. The summed E-state index contributed by atoms with van der Waals surface area (Å²) in [5.41, 5.74) is 9.00. The summed E-state index contributed by atoms with van der Waals surface area (Å²) >= 11 is 3.57. The fourth-order valence-corrected chi connectivity index (χ4v) is 2.53. The maximum Gasteiger partial charge on any atom is 0.132 e. The molecule has 0 unspecified atom stereocenters. The standard InChI is InChI=1S/C15H13BrN4/c16-13-6-2-1-4-11(13)9-20-10-18-8-14(20)12-5-3-7-19-15(12)17/h1-8,10H,9H2,(H2,17,19). The zero-order chi connectivity index (χ0) is 13.9. The minimum absolute atomic E-state index is 0.515. The molecule has 0 bridgehead atoms. The normalized spacial score (nSPS) is 10.7. The topological polar surface area (TPSA) is 56.7 Å². The van der Waals surface area contributed by atoms with Crippen molar-refractivity contribution in [3.63, 3.8) is 0 Å². The number of pyridine rings is 1. The highest BCUT2D eigenvalue weighted by atomic mass is 79.9. The predicted octanol–water partition coefficient (Wildman–Crippen LogP) is 3.34. The van der Waals surface area contributed by atoms with Gasteiger partial charge in [0, 0.05) is 16.2 Å². The molecular weight excluding hydrogens is 316 g/mol. The van der Waals surface area contributed by atoms with Crippen LogP contribution >= 0.6 is 15.9 Å². The molecule has 0 aliphatic heterocycles. The molecule has 3 rings (SSSR count). The highest BCUT2D eigenvalue weighted by Gasteiger charge is 2.10. The fraction of sp³-hybridized carbons (Fsp3) is 0.0667. The lowest BCUT2D eigenvalue weighted by atomic mass is 10.2. The Labute approximate surface area is 125 Å². The van der Waals surface area contributed by atoms with E-state index in [-0.39, 0.29) is 0 Å². The molecule has 5 heteroatoms. The average molecular weight is 329 g/mol. The molecule has 0 aliphatic carbocycles. The summed E-state index contributed by atoms with van der Waals surface area (Å²) in [4.78, 5) is 8.36. The molecule has 2 aromatic heterocycles. The Morgan fingerprint density at radius 2 is 2.00 bits per heavy atom. The number of halogens is 1. The van der Waals surface area contributed by atoms with E-state index in [4.69, 9.17) is 5.73 Å². The number of rotatable bonds is 3. The van der Waals surface area contributed by atoms with Gasteiger partial charge in [-0.3, -0.25) is 0 Å². The van der Waals surface area contributed by atoms with Gasteiger partial charge in [-0.25, -0.2) is 9.97 Å². The van der Waals surface area contributed by atoms with Crippen LogP contribution in [0.4, 0.5) is 5.82 Å². The fourth-order valence-electron chi connectivity index (χ4n) is 2.12. The number of imidazole rings is 1. The van der Waals surface area contributed by atoms with Crippen molar-refractivity contribution in [1.82, 2.24) is 14.5 Å². The Kier molecular flexibility index (Phi) is 3.52. The summed E-state index contributed by atoms with van der Waals surface area (Å²) < 4.78 is 3.15. The predicted molar refractivity (Wildman–Crippen MR) is 83.1 cm³/mol. The second kappa shape index (κ2) is 5.46. The molecule has 4 nitrogen and oxygen atoms in total. The molecule has 20 heavy (non-hydrogen) atoms. The first kappa shape index (κ1) is 12.9. The van der Waals surface area contributed by atoms with Gasteiger partial charge >= 0.3 is 0 Å². The molecule has 0 spiro atoms. The van der Waals surface area contributed by atoms with Crippen molar-refractivity contribution in [1.29, 1.82) is 0 Å². The second-order valence-corrected chi connectivity index (χ2v) is 5.29. The molecule has 0 fully saturated rings. The Balaban J connectivity index is 2.00. The number of hydrogen-bond acceptors (Lipinski definition) is 3. The first-order chi connectivity index (χ1) is 9.75. The van der Waals surface area contributed by atoms with Gasteiger partial charge in [-0.2, -0.15) is 0 Å². The maximum absolute atomic E-state index is 5.94. The summed E-state index contributed by atoms with van der Waals surface area (Å²) in [6.07, 6.45) is 5.30. The van der Waals surface area contributed by atoms with Crippen molar-refractivity contribution < 1.29 is 0 Å². The van der Waals surface area contributed by atoms with Crippen LogP contribution in [0.15, 0.2) is 59.6 Å². The van der Waals surface area contributed by atoms with Gasteiger partial charge in [0.1, 0.15) is 5.82 Å². The lowest BCUT2D eigenvalue weighted by Gasteiger charge is -2.10. The van der Waals surface area contributed by atoms with Gasteiger partial charge in [-0.1, -0.05) is 34.1 Å². The minimum atomic E-state index is 0.515. The number of nitrogens with two attached hydrogens (primary N) is 1. The molecule has 2 heterocycles. The molecule has 0 saturated heterocycles. The van der Waals surface area contributed by atoms with E-state index in [1.807, 2.05) is 36.5 Å². The maximum atomic E-state index is 5.94. The van der Waals surface area contributed by atoms with Crippen LogP contribution in [0.5, 0.6) is 0 Å². The van der Waals surface area contributed by atoms with Crippen molar-refractivity contribution >= 4 is 21.7 Å². The van der Waals surface area contributed by atoms with Crippen LogP contribution in [0.2, 0.25) is 0 Å². The average Bonchev–Trinajstić information content (AvgIpc) is 2.90. The second-order valence-electron chi connectivity index (χ2n) is 4.43. The first-order valence-electron chi connectivity index (χ1n) is 6.20. The van der Waals surface area contributed by atoms with Crippen molar-refractivity contribution in [3.8, 4) is 11.3 Å². The van der Waals surface area contributed by atoms with Crippen molar-refractivity contribution in [2.45, 2.75) is 6.54 Å². The smallest absolute Gasteiger partial charge is 0.132 e. The molecule has 0 radical (unpaired) electrons. The monoisotopic (exact) mass is 328 g/mol. The third-order valence-corrected chi connectivity index (χ3v) is 3.90. The molecule has 1 aromatic carbocycles. The van der Waals surface area contributed by atoms with E-state index in [1.165, 1.54) is 5.56 Å². The van der Waals surface area contributed by atoms with Crippen LogP contribution in [-0.2, 0) is 6.54 Å². The molecule has 2 N–H and O–H groups in total. The van der Waals surface area contributed by atoms with E-state index < -0.39 is 0 Å². The highest BCUT2D eigenvalue weighted by molar-refractivity contribution is 9.10. The lowest BCUT2D eigenvalue weighted by molar-refractivity contribution is 0.801. The summed E-state index contributed by atoms with van der Waals surface area (Å²) in [6.45, 7) is 0.727. The van der Waals surface area contributed by atoms with Crippen LogP contribution in [0.1, 0.15) is 5.56 Å². The van der Waals surface area contributed by atoms with Gasteiger partial charge in [0.05, 0.1) is 24.8 Å². The van der Waals surface area contributed by atoms with Crippen LogP contribution in [0.25, 0.3) is 11.3 Å². The summed E-state index contributed by atoms with van der Waals surface area (Å²) in [5, 5.41) is 0. The molecule has 0 aliphatic rings. The van der Waals surface area contributed by atoms with Crippen molar-refractivity contribution in [2.75, 3.05) is 5.73 Å². The summed E-state index contributed by atoms with van der Waals surface area (Å²) in [7, 11) is 0. The zero-order valence-electron chi connectivity index (χ0n) is 10.7. The van der Waals surface area contributed by atoms with Crippen LogP contribution in [-0.4, -0.2) is 14.5 Å². The van der Waals surface area contributed by atoms with Crippen molar-refractivity contribution in [2.24, 2.45) is 0 Å². The van der Waals surface area contributed by atoms with Gasteiger partial charge in [-0.15, -0.1) is 0 Å². The molecular formula is C15H13BrN4. The number of anilines is 1. The third kappa shape index (κ3) is 2.44. The Hall–Kier alpha value is -2.14. The lowest BCUT2D eigenvalue weighted by Crippen LogP contribution is -2.03. The van der Waals surface area contributed by atoms with Gasteiger partial charge in [0.15, 0.2) is 0 Å². The van der Waals surface area contributed by atoms with E-state index in [2.05, 4.69) is 36.5 Å². The van der Waals surface area contributed by atoms with Gasteiger partial charge in [0.2, 0.25) is 0 Å². The number of hydrogen-bond donors (Lipinski definition) is 1. The largest absolute Gasteiger partial charge is 0.383 e. The first-order valence-corrected chi connectivity index (χ1v) is 6.99. The third-order valence-electron chi connectivity index (χ3n) is 3.13. The molecule has 0 atom stereocenters. The number of nitrogen functional groups attached to an aromatic ring is 1. The quantitative estimate of drug-likeness (QED) is 0.802. The van der Waals surface area contributed by atoms with Crippen LogP contribution < -0.4 is 5.73 Å².